The summed E-state index contributed by atoms with van der Waals surface area (Å²) >= 11 is 0. The Morgan fingerprint density at radius 1 is 1.37 bits per heavy atom. The minimum absolute atomic E-state index is 0.171. The number of carboxylic acids is 1. The Hall–Kier alpha value is -0.610. The molecule has 1 fully saturated rings. The van der Waals surface area contributed by atoms with E-state index in [9.17, 15) is 9.90 Å². The normalized spacial score (nSPS) is 23.9. The summed E-state index contributed by atoms with van der Waals surface area (Å²) in [7, 11) is 0. The molecule has 0 aromatic rings. The van der Waals surface area contributed by atoms with Crippen molar-refractivity contribution >= 4 is 5.97 Å². The highest BCUT2D eigenvalue weighted by Gasteiger charge is 2.36. The number of hydrogen-bond acceptors (Lipinski definition) is 3. The fraction of sp³-hybridized carbons (Fsp3) is 0.933. The van der Waals surface area contributed by atoms with E-state index in [0.717, 1.165) is 25.9 Å². The van der Waals surface area contributed by atoms with Crippen LogP contribution in [0.15, 0.2) is 0 Å². The lowest BCUT2D eigenvalue weighted by molar-refractivity contribution is -0.145. The summed E-state index contributed by atoms with van der Waals surface area (Å²) in [6.45, 7) is 13.0. The molecule has 1 heterocycles. The van der Waals surface area contributed by atoms with Crippen molar-refractivity contribution in [1.29, 1.82) is 0 Å². The summed E-state index contributed by atoms with van der Waals surface area (Å²) < 4.78 is 0. The van der Waals surface area contributed by atoms with E-state index in [1.807, 2.05) is 13.8 Å². The molecule has 0 amide bonds. The minimum Gasteiger partial charge on any atom is -0.480 e. The highest BCUT2D eigenvalue weighted by Crippen LogP contribution is 2.30. The van der Waals surface area contributed by atoms with E-state index in [-0.39, 0.29) is 6.04 Å². The molecule has 2 N–H and O–H groups in total. The van der Waals surface area contributed by atoms with E-state index >= 15 is 0 Å². The van der Waals surface area contributed by atoms with Gasteiger partial charge in [0.05, 0.1) is 0 Å². The molecule has 1 saturated heterocycles. The van der Waals surface area contributed by atoms with Gasteiger partial charge in [-0.3, -0.25) is 10.1 Å². The van der Waals surface area contributed by atoms with Crippen molar-refractivity contribution < 1.29 is 9.90 Å². The molecule has 4 heteroatoms. The minimum atomic E-state index is -0.858. The average Bonchev–Trinajstić information content (AvgIpc) is 2.39. The number of hydrogen-bond donors (Lipinski definition) is 2. The number of rotatable bonds is 5. The third kappa shape index (κ3) is 5.11. The largest absolute Gasteiger partial charge is 0.480 e. The van der Waals surface area contributed by atoms with Crippen molar-refractivity contribution in [2.24, 2.45) is 5.41 Å². The molecule has 1 atom stereocenters. The van der Waals surface area contributed by atoms with Gasteiger partial charge in [0.1, 0.15) is 5.54 Å². The molecule has 4 nitrogen and oxygen atoms in total. The van der Waals surface area contributed by atoms with Gasteiger partial charge >= 0.3 is 5.97 Å². The maximum atomic E-state index is 11.6. The molecule has 112 valence electrons. The van der Waals surface area contributed by atoms with Crippen molar-refractivity contribution in [2.75, 3.05) is 19.6 Å². The molecule has 0 aliphatic carbocycles. The third-order valence-corrected chi connectivity index (χ3v) is 4.05. The Kier molecular flexibility index (Phi) is 5.39. The number of nitrogens with one attached hydrogen (secondary N) is 1. The third-order valence-electron chi connectivity index (χ3n) is 4.05. The lowest BCUT2D eigenvalue weighted by Crippen LogP contribution is -2.59. The van der Waals surface area contributed by atoms with E-state index < -0.39 is 11.5 Å². The molecule has 1 aliphatic rings. The van der Waals surface area contributed by atoms with Crippen molar-refractivity contribution in [3.05, 3.63) is 0 Å². The fourth-order valence-electron chi connectivity index (χ4n) is 2.90. The first kappa shape index (κ1) is 16.4. The van der Waals surface area contributed by atoms with Gasteiger partial charge in [-0.25, -0.2) is 0 Å². The summed E-state index contributed by atoms with van der Waals surface area (Å²) in [5.41, 5.74) is -0.470. The van der Waals surface area contributed by atoms with E-state index in [1.165, 1.54) is 6.42 Å². The Morgan fingerprint density at radius 3 is 2.53 bits per heavy atom. The number of likely N-dealkylation sites (tertiary alicyclic amines) is 1. The highest BCUT2D eigenvalue weighted by molar-refractivity contribution is 5.78. The van der Waals surface area contributed by atoms with Crippen molar-refractivity contribution in [2.45, 2.75) is 65.5 Å². The van der Waals surface area contributed by atoms with Crippen LogP contribution in [0.5, 0.6) is 0 Å². The van der Waals surface area contributed by atoms with Crippen LogP contribution >= 0.6 is 0 Å². The van der Waals surface area contributed by atoms with Crippen molar-refractivity contribution in [1.82, 2.24) is 10.2 Å². The van der Waals surface area contributed by atoms with E-state index in [2.05, 4.69) is 24.1 Å². The second-order valence-electron chi connectivity index (χ2n) is 7.23. The maximum Gasteiger partial charge on any atom is 0.324 e. The van der Waals surface area contributed by atoms with Crippen molar-refractivity contribution in [3.8, 4) is 0 Å². The van der Waals surface area contributed by atoms with Gasteiger partial charge in [0, 0.05) is 12.6 Å². The quantitative estimate of drug-likeness (QED) is 0.805. The monoisotopic (exact) mass is 270 g/mol. The number of carbonyl (C=O) groups is 1. The molecule has 1 unspecified atom stereocenters. The second-order valence-corrected chi connectivity index (χ2v) is 7.23. The van der Waals surface area contributed by atoms with Crippen LogP contribution in [0.4, 0.5) is 0 Å². The average molecular weight is 270 g/mol. The van der Waals surface area contributed by atoms with Gasteiger partial charge in [0.15, 0.2) is 0 Å². The Balaban J connectivity index is 2.67. The van der Waals surface area contributed by atoms with E-state index in [4.69, 9.17) is 0 Å². The van der Waals surface area contributed by atoms with Gasteiger partial charge in [-0.2, -0.15) is 0 Å². The molecule has 0 aromatic carbocycles. The molecule has 19 heavy (non-hydrogen) atoms. The summed E-state index contributed by atoms with van der Waals surface area (Å²) in [6, 6.07) is 0.171. The Labute approximate surface area is 117 Å². The Bertz CT molecular complexity index is 315. The molecule has 1 rings (SSSR count). The number of nitrogens with zero attached hydrogens (tertiary/aromatic N) is 1. The molecular weight excluding hydrogens is 240 g/mol. The summed E-state index contributed by atoms with van der Waals surface area (Å²) in [6.07, 6.45) is 3.53. The van der Waals surface area contributed by atoms with E-state index in [1.54, 1.807) is 6.92 Å². The first-order valence-corrected chi connectivity index (χ1v) is 7.38. The van der Waals surface area contributed by atoms with E-state index in [0.29, 0.717) is 12.0 Å². The van der Waals surface area contributed by atoms with Gasteiger partial charge < -0.3 is 10.0 Å². The SMILES string of the molecule is CC(C)NC(C)(CN1CCCC(C)(C)CC1)C(=O)O. The highest BCUT2D eigenvalue weighted by atomic mass is 16.4. The predicted octanol–water partition coefficient (Wildman–Crippen LogP) is 2.34. The zero-order chi connectivity index (χ0) is 14.7. The fourth-order valence-corrected chi connectivity index (χ4v) is 2.90. The maximum absolute atomic E-state index is 11.6. The van der Waals surface area contributed by atoms with Crippen LogP contribution in [0, 0.1) is 5.41 Å². The van der Waals surface area contributed by atoms with Crippen LogP contribution < -0.4 is 5.32 Å². The molecule has 0 radical (unpaired) electrons. The first-order valence-electron chi connectivity index (χ1n) is 7.38. The Morgan fingerprint density at radius 2 is 2.00 bits per heavy atom. The van der Waals surface area contributed by atoms with Crippen LogP contribution in [0.1, 0.15) is 53.9 Å². The molecule has 0 saturated carbocycles. The smallest absolute Gasteiger partial charge is 0.324 e. The van der Waals surface area contributed by atoms with Crippen LogP contribution in [-0.4, -0.2) is 47.2 Å². The zero-order valence-electron chi connectivity index (χ0n) is 13.1. The molecule has 0 spiro atoms. The van der Waals surface area contributed by atoms with Crippen LogP contribution in [0.25, 0.3) is 0 Å². The molecule has 0 aromatic heterocycles. The predicted molar refractivity (Wildman–Crippen MR) is 78.4 cm³/mol. The number of aliphatic carboxylic acids is 1. The molecular formula is C15H30N2O2. The van der Waals surface area contributed by atoms with Crippen LogP contribution in [0.3, 0.4) is 0 Å². The lowest BCUT2D eigenvalue weighted by atomic mass is 9.85. The van der Waals surface area contributed by atoms with Gasteiger partial charge in [-0.1, -0.05) is 13.8 Å². The van der Waals surface area contributed by atoms with Gasteiger partial charge in [-0.15, -0.1) is 0 Å². The summed E-state index contributed by atoms with van der Waals surface area (Å²) in [4.78, 5) is 13.9. The topological polar surface area (TPSA) is 52.6 Å². The van der Waals surface area contributed by atoms with Crippen LogP contribution in [0.2, 0.25) is 0 Å². The summed E-state index contributed by atoms with van der Waals surface area (Å²) in [5, 5.41) is 12.7. The second kappa shape index (κ2) is 6.23. The molecule has 0 bridgehead atoms. The van der Waals surface area contributed by atoms with Gasteiger partial charge in [0.2, 0.25) is 0 Å². The summed E-state index contributed by atoms with van der Waals surface area (Å²) in [5.74, 6) is -0.760. The van der Waals surface area contributed by atoms with Gasteiger partial charge in [-0.05, 0) is 58.5 Å². The van der Waals surface area contributed by atoms with Crippen LogP contribution in [-0.2, 0) is 4.79 Å². The number of carboxylic acid groups (broad SMARTS) is 1. The standard InChI is InChI=1S/C15H30N2O2/c1-12(2)16-15(5,13(18)19)11-17-9-6-7-14(3,4)8-10-17/h12,16H,6-11H2,1-5H3,(H,18,19). The lowest BCUT2D eigenvalue weighted by Gasteiger charge is -2.34. The molecule has 1 aliphatic heterocycles. The van der Waals surface area contributed by atoms with Crippen molar-refractivity contribution in [3.63, 3.8) is 0 Å². The first-order chi connectivity index (χ1) is 8.65. The van der Waals surface area contributed by atoms with Gasteiger partial charge in [0.25, 0.3) is 0 Å². The zero-order valence-corrected chi connectivity index (χ0v) is 13.1.